The summed E-state index contributed by atoms with van der Waals surface area (Å²) in [6.07, 6.45) is 6.71. The first-order valence-corrected chi connectivity index (χ1v) is 10.7. The van der Waals surface area contributed by atoms with E-state index in [0.29, 0.717) is 11.3 Å². The summed E-state index contributed by atoms with van der Waals surface area (Å²) in [6, 6.07) is 16.2. The number of aryl methyl sites for hydroxylation is 1. The molecule has 32 heavy (non-hydrogen) atoms. The molecule has 4 aromatic rings. The Bertz CT molecular complexity index is 1210. The molecule has 4 rings (SSSR count). The smallest absolute Gasteiger partial charge is 0.251 e. The van der Waals surface area contributed by atoms with Gasteiger partial charge in [-0.1, -0.05) is 29.8 Å². The minimum atomic E-state index is -0.260. The topological polar surface area (TPSA) is 72.7 Å². The summed E-state index contributed by atoms with van der Waals surface area (Å²) in [5, 5.41) is 7.52. The Morgan fingerprint density at radius 2 is 1.66 bits per heavy atom. The lowest BCUT2D eigenvalue weighted by Crippen LogP contribution is -2.27. The average molecular weight is 426 g/mol. The lowest BCUT2D eigenvalue weighted by molar-refractivity contribution is 0.0939. The van der Waals surface area contributed by atoms with Gasteiger partial charge in [0.25, 0.3) is 5.91 Å². The number of nitrogens with one attached hydrogen (secondary N) is 1. The highest BCUT2D eigenvalue weighted by atomic mass is 16.1. The van der Waals surface area contributed by atoms with E-state index in [9.17, 15) is 4.79 Å². The van der Waals surface area contributed by atoms with Crippen molar-refractivity contribution < 1.29 is 4.79 Å². The molecular weight excluding hydrogens is 398 g/mol. The van der Waals surface area contributed by atoms with Crippen LogP contribution in [0.2, 0.25) is 0 Å². The van der Waals surface area contributed by atoms with Gasteiger partial charge in [-0.2, -0.15) is 5.10 Å². The number of hydrogen-bond acceptors (Lipinski definition) is 4. The molecule has 0 spiro atoms. The molecule has 0 aliphatic heterocycles. The molecule has 2 aromatic heterocycles. The summed E-state index contributed by atoms with van der Waals surface area (Å²) in [4.78, 5) is 21.6. The third kappa shape index (κ3) is 4.59. The molecular formula is C26H27N5O. The van der Waals surface area contributed by atoms with Gasteiger partial charge >= 0.3 is 0 Å². The highest BCUT2D eigenvalue weighted by molar-refractivity contribution is 5.97. The first kappa shape index (κ1) is 21.4. The summed E-state index contributed by atoms with van der Waals surface area (Å²) < 4.78 is 1.97. The zero-order chi connectivity index (χ0) is 22.7. The highest BCUT2D eigenvalue weighted by Crippen LogP contribution is 2.30. The molecule has 0 saturated carbocycles. The van der Waals surface area contributed by atoms with Gasteiger partial charge in [-0.05, 0) is 63.1 Å². The number of amides is 1. The molecule has 1 atom stereocenters. The lowest BCUT2D eigenvalue weighted by Gasteiger charge is -2.16. The summed E-state index contributed by atoms with van der Waals surface area (Å²) in [5.74, 6) is -0.158. The van der Waals surface area contributed by atoms with E-state index in [2.05, 4.69) is 71.5 Å². The normalized spacial score (nSPS) is 12.0. The molecule has 1 unspecified atom stereocenters. The summed E-state index contributed by atoms with van der Waals surface area (Å²) in [7, 11) is 0. The number of rotatable bonds is 6. The van der Waals surface area contributed by atoms with Gasteiger partial charge in [-0.3, -0.25) is 19.4 Å². The quantitative estimate of drug-likeness (QED) is 0.450. The monoisotopic (exact) mass is 425 g/mol. The molecule has 1 amide bonds. The van der Waals surface area contributed by atoms with Crippen molar-refractivity contribution in [1.29, 1.82) is 0 Å². The van der Waals surface area contributed by atoms with Crippen LogP contribution >= 0.6 is 0 Å². The van der Waals surface area contributed by atoms with E-state index in [0.717, 1.165) is 22.4 Å². The second-order valence-corrected chi connectivity index (χ2v) is 8.25. The van der Waals surface area contributed by atoms with Crippen LogP contribution in [0.5, 0.6) is 0 Å². The van der Waals surface area contributed by atoms with Crippen LogP contribution in [-0.4, -0.2) is 25.7 Å². The molecule has 0 aliphatic carbocycles. The molecule has 6 heteroatoms. The van der Waals surface area contributed by atoms with Crippen LogP contribution in [0.3, 0.4) is 0 Å². The molecule has 0 fully saturated rings. The van der Waals surface area contributed by atoms with Gasteiger partial charge in [0.2, 0.25) is 0 Å². The number of benzene rings is 2. The van der Waals surface area contributed by atoms with E-state index in [-0.39, 0.29) is 18.0 Å². The van der Waals surface area contributed by atoms with Crippen molar-refractivity contribution in [1.82, 2.24) is 25.1 Å². The molecule has 2 aromatic carbocycles. The Balaban J connectivity index is 1.75. The molecule has 0 bridgehead atoms. The third-order valence-corrected chi connectivity index (χ3v) is 5.41. The van der Waals surface area contributed by atoms with E-state index in [1.165, 1.54) is 5.56 Å². The van der Waals surface area contributed by atoms with Crippen LogP contribution in [0, 0.1) is 6.92 Å². The zero-order valence-electron chi connectivity index (χ0n) is 18.8. The fourth-order valence-corrected chi connectivity index (χ4v) is 3.66. The second kappa shape index (κ2) is 9.14. The maximum Gasteiger partial charge on any atom is 0.251 e. The molecule has 2 heterocycles. The second-order valence-electron chi connectivity index (χ2n) is 8.25. The first-order valence-electron chi connectivity index (χ1n) is 10.7. The van der Waals surface area contributed by atoms with E-state index in [1.54, 1.807) is 24.8 Å². The first-order chi connectivity index (χ1) is 15.4. The Morgan fingerprint density at radius 1 is 0.906 bits per heavy atom. The summed E-state index contributed by atoms with van der Waals surface area (Å²) >= 11 is 0. The number of hydrogen-bond donors (Lipinski definition) is 1. The third-order valence-electron chi connectivity index (χ3n) is 5.41. The van der Waals surface area contributed by atoms with Crippen molar-refractivity contribution in [3.8, 4) is 22.4 Å². The average Bonchev–Trinajstić information content (AvgIpc) is 3.30. The molecule has 0 radical (unpaired) electrons. The van der Waals surface area contributed by atoms with Crippen LogP contribution < -0.4 is 5.32 Å². The fourth-order valence-electron chi connectivity index (χ4n) is 3.66. The van der Waals surface area contributed by atoms with Crippen molar-refractivity contribution in [3.63, 3.8) is 0 Å². The zero-order valence-corrected chi connectivity index (χ0v) is 18.8. The van der Waals surface area contributed by atoms with Gasteiger partial charge < -0.3 is 5.32 Å². The molecule has 1 N–H and O–H groups in total. The van der Waals surface area contributed by atoms with Gasteiger partial charge in [-0.15, -0.1) is 0 Å². The fraction of sp³-hybridized carbons (Fsp3) is 0.231. The summed E-state index contributed by atoms with van der Waals surface area (Å²) in [5.41, 5.74) is 6.47. The van der Waals surface area contributed by atoms with E-state index < -0.39 is 0 Å². The Hall–Kier alpha value is -3.80. The standard InChI is InChI=1S/C26H27N5O/c1-17(2)31-25(9-10-29-31)22-13-21(20-7-5-18(3)6-8-20)14-23(15-22)26(32)30-19(4)24-16-27-11-12-28-24/h5-17,19H,1-4H3,(H,30,32). The van der Waals surface area contributed by atoms with Gasteiger partial charge in [0, 0.05) is 35.8 Å². The van der Waals surface area contributed by atoms with Crippen molar-refractivity contribution in [3.05, 3.63) is 90.1 Å². The Morgan fingerprint density at radius 3 is 2.34 bits per heavy atom. The molecule has 0 saturated heterocycles. The Labute approximate surface area is 188 Å². The number of carbonyl (C=O) groups is 1. The maximum atomic E-state index is 13.2. The molecule has 6 nitrogen and oxygen atoms in total. The van der Waals surface area contributed by atoms with Crippen molar-refractivity contribution in [2.24, 2.45) is 0 Å². The predicted molar refractivity (Wildman–Crippen MR) is 126 cm³/mol. The van der Waals surface area contributed by atoms with Crippen LogP contribution in [0.4, 0.5) is 0 Å². The number of carbonyl (C=O) groups excluding carboxylic acids is 1. The Kier molecular flexibility index (Phi) is 6.12. The van der Waals surface area contributed by atoms with E-state index in [1.807, 2.05) is 29.8 Å². The number of aromatic nitrogens is 4. The van der Waals surface area contributed by atoms with Crippen molar-refractivity contribution in [2.45, 2.75) is 39.8 Å². The largest absolute Gasteiger partial charge is 0.344 e. The van der Waals surface area contributed by atoms with Crippen molar-refractivity contribution in [2.75, 3.05) is 0 Å². The van der Waals surface area contributed by atoms with Gasteiger partial charge in [0.1, 0.15) is 0 Å². The molecule has 0 aliphatic rings. The van der Waals surface area contributed by atoms with Crippen LogP contribution in [0.25, 0.3) is 22.4 Å². The minimum absolute atomic E-state index is 0.158. The van der Waals surface area contributed by atoms with Crippen LogP contribution in [0.15, 0.2) is 73.3 Å². The van der Waals surface area contributed by atoms with E-state index in [4.69, 9.17) is 0 Å². The lowest BCUT2D eigenvalue weighted by atomic mass is 9.97. The van der Waals surface area contributed by atoms with E-state index >= 15 is 0 Å². The highest BCUT2D eigenvalue weighted by Gasteiger charge is 2.17. The van der Waals surface area contributed by atoms with Crippen LogP contribution in [0.1, 0.15) is 54.5 Å². The van der Waals surface area contributed by atoms with Gasteiger partial charge in [0.05, 0.1) is 23.6 Å². The van der Waals surface area contributed by atoms with Crippen molar-refractivity contribution >= 4 is 5.91 Å². The maximum absolute atomic E-state index is 13.2. The summed E-state index contributed by atoms with van der Waals surface area (Å²) in [6.45, 7) is 8.15. The predicted octanol–water partition coefficient (Wildman–Crippen LogP) is 5.39. The SMILES string of the molecule is Cc1ccc(-c2cc(C(=O)NC(C)c3cnccn3)cc(-c3ccnn3C(C)C)c2)cc1. The van der Waals surface area contributed by atoms with Gasteiger partial charge in [-0.25, -0.2) is 0 Å². The van der Waals surface area contributed by atoms with Gasteiger partial charge in [0.15, 0.2) is 0 Å². The minimum Gasteiger partial charge on any atom is -0.344 e. The molecule has 162 valence electrons. The number of nitrogens with zero attached hydrogens (tertiary/aromatic N) is 4. The van der Waals surface area contributed by atoms with Crippen LogP contribution in [-0.2, 0) is 0 Å².